The first-order chi connectivity index (χ1) is 13.6. The highest BCUT2D eigenvalue weighted by atomic mass is 35.5. The zero-order valence-corrected chi connectivity index (χ0v) is 15.7. The van der Waals surface area contributed by atoms with Crippen LogP contribution in [0, 0.1) is 0 Å². The minimum absolute atomic E-state index is 0.151. The molecule has 0 atom stereocenters. The molecular formula is C19H18ClN5O3. The molecule has 1 aliphatic carbocycles. The van der Waals surface area contributed by atoms with Gasteiger partial charge in [0.15, 0.2) is 0 Å². The molecule has 2 heterocycles. The molecule has 1 fully saturated rings. The quantitative estimate of drug-likeness (QED) is 0.707. The fraction of sp³-hybridized carbons (Fsp3) is 0.316. The van der Waals surface area contributed by atoms with Crippen molar-refractivity contribution in [3.05, 3.63) is 51.8 Å². The zero-order valence-electron chi connectivity index (χ0n) is 15.0. The minimum atomic E-state index is -0.372. The van der Waals surface area contributed by atoms with Crippen LogP contribution in [0.25, 0.3) is 23.0 Å². The number of carbonyl (C=O) groups is 1. The van der Waals surface area contributed by atoms with Crippen molar-refractivity contribution in [3.63, 3.8) is 0 Å². The molecule has 0 unspecified atom stereocenters. The van der Waals surface area contributed by atoms with Crippen LogP contribution >= 0.6 is 11.6 Å². The summed E-state index contributed by atoms with van der Waals surface area (Å²) in [5.41, 5.74) is 0.687. The lowest BCUT2D eigenvalue weighted by molar-refractivity contribution is -0.122. The highest BCUT2D eigenvalue weighted by Gasteiger charge is 2.18. The second-order valence-corrected chi connectivity index (χ2v) is 7.13. The Morgan fingerprint density at radius 1 is 1.18 bits per heavy atom. The number of nitrogens with zero attached hydrogens (tertiary/aromatic N) is 4. The molecule has 0 aliphatic heterocycles. The first-order valence-electron chi connectivity index (χ1n) is 9.06. The third-order valence-corrected chi connectivity index (χ3v) is 4.88. The number of hydrogen-bond donors (Lipinski definition) is 1. The molecular weight excluding hydrogens is 382 g/mol. The van der Waals surface area contributed by atoms with Crippen molar-refractivity contribution in [1.29, 1.82) is 0 Å². The van der Waals surface area contributed by atoms with E-state index in [0.29, 0.717) is 16.5 Å². The third-order valence-electron chi connectivity index (χ3n) is 4.63. The summed E-state index contributed by atoms with van der Waals surface area (Å²) in [6, 6.07) is 10.0. The average Bonchev–Trinajstić information content (AvgIpc) is 3.36. The molecule has 0 spiro atoms. The Morgan fingerprint density at radius 2 is 1.93 bits per heavy atom. The van der Waals surface area contributed by atoms with Crippen LogP contribution in [-0.4, -0.2) is 31.9 Å². The van der Waals surface area contributed by atoms with Crippen molar-refractivity contribution in [3.8, 4) is 23.0 Å². The van der Waals surface area contributed by atoms with E-state index in [4.69, 9.17) is 16.1 Å². The molecule has 28 heavy (non-hydrogen) atoms. The highest BCUT2D eigenvalue weighted by Crippen LogP contribution is 2.22. The number of benzene rings is 1. The normalized spacial score (nSPS) is 14.3. The number of amides is 1. The summed E-state index contributed by atoms with van der Waals surface area (Å²) >= 11 is 5.89. The standard InChI is InChI=1S/C19H18ClN5O3/c20-13-7-5-12(6-8-13)18-22-19(28-24-18)15-9-10-17(27)25(23-15)11-16(26)21-14-3-1-2-4-14/h5-10,14H,1-4,11H2,(H,21,26). The number of nitrogens with one attached hydrogen (secondary N) is 1. The molecule has 1 aliphatic rings. The number of carbonyl (C=O) groups excluding carboxylic acids is 1. The second-order valence-electron chi connectivity index (χ2n) is 6.69. The Kier molecular flexibility index (Phi) is 5.21. The van der Waals surface area contributed by atoms with Crippen LogP contribution in [0.2, 0.25) is 5.02 Å². The summed E-state index contributed by atoms with van der Waals surface area (Å²) < 4.78 is 6.37. The summed E-state index contributed by atoms with van der Waals surface area (Å²) in [5, 5.41) is 11.7. The van der Waals surface area contributed by atoms with Gasteiger partial charge in [0, 0.05) is 22.7 Å². The summed E-state index contributed by atoms with van der Waals surface area (Å²) in [6.45, 7) is -0.151. The summed E-state index contributed by atoms with van der Waals surface area (Å²) in [7, 11) is 0. The SMILES string of the molecule is O=C(Cn1nc(-c2nc(-c3ccc(Cl)cc3)no2)ccc1=O)NC1CCCC1. The maximum atomic E-state index is 12.2. The van der Waals surface area contributed by atoms with Crippen molar-refractivity contribution in [2.45, 2.75) is 38.3 Å². The molecule has 1 saturated carbocycles. The Bertz CT molecular complexity index is 1040. The van der Waals surface area contributed by atoms with E-state index in [0.717, 1.165) is 35.9 Å². The van der Waals surface area contributed by atoms with Gasteiger partial charge in [-0.1, -0.05) is 29.6 Å². The minimum Gasteiger partial charge on any atom is -0.352 e. The van der Waals surface area contributed by atoms with Crippen molar-refractivity contribution in [2.24, 2.45) is 0 Å². The van der Waals surface area contributed by atoms with E-state index in [2.05, 4.69) is 20.6 Å². The van der Waals surface area contributed by atoms with Crippen LogP contribution in [0.4, 0.5) is 0 Å². The molecule has 144 valence electrons. The van der Waals surface area contributed by atoms with Gasteiger partial charge in [-0.25, -0.2) is 4.68 Å². The van der Waals surface area contributed by atoms with E-state index in [1.165, 1.54) is 12.1 Å². The van der Waals surface area contributed by atoms with Crippen molar-refractivity contribution in [2.75, 3.05) is 0 Å². The third kappa shape index (κ3) is 4.12. The summed E-state index contributed by atoms with van der Waals surface area (Å²) in [6.07, 6.45) is 4.19. The lowest BCUT2D eigenvalue weighted by atomic mass is 10.2. The number of rotatable bonds is 5. The van der Waals surface area contributed by atoms with E-state index in [-0.39, 0.29) is 29.9 Å². The lowest BCUT2D eigenvalue weighted by Gasteiger charge is -2.12. The fourth-order valence-corrected chi connectivity index (χ4v) is 3.33. The first-order valence-corrected chi connectivity index (χ1v) is 9.44. The molecule has 2 aromatic heterocycles. The van der Waals surface area contributed by atoms with Gasteiger partial charge in [-0.3, -0.25) is 9.59 Å². The van der Waals surface area contributed by atoms with Gasteiger partial charge in [0.1, 0.15) is 12.2 Å². The van der Waals surface area contributed by atoms with Crippen molar-refractivity contribution < 1.29 is 9.32 Å². The van der Waals surface area contributed by atoms with Crippen LogP contribution < -0.4 is 10.9 Å². The predicted molar refractivity (Wildman–Crippen MR) is 103 cm³/mol. The topological polar surface area (TPSA) is 103 Å². The van der Waals surface area contributed by atoms with Gasteiger partial charge in [0.2, 0.25) is 11.7 Å². The molecule has 3 aromatic rings. The van der Waals surface area contributed by atoms with Gasteiger partial charge < -0.3 is 9.84 Å². The Morgan fingerprint density at radius 3 is 2.68 bits per heavy atom. The number of hydrogen-bond acceptors (Lipinski definition) is 6. The lowest BCUT2D eigenvalue weighted by Crippen LogP contribution is -2.38. The molecule has 9 heteroatoms. The van der Waals surface area contributed by atoms with Crippen LogP contribution in [0.15, 0.2) is 45.7 Å². The van der Waals surface area contributed by atoms with E-state index in [1.54, 1.807) is 24.3 Å². The van der Waals surface area contributed by atoms with Gasteiger partial charge in [-0.2, -0.15) is 10.1 Å². The van der Waals surface area contributed by atoms with Gasteiger partial charge in [-0.15, -0.1) is 0 Å². The Balaban J connectivity index is 1.52. The van der Waals surface area contributed by atoms with Gasteiger partial charge in [-0.05, 0) is 43.2 Å². The summed E-state index contributed by atoms with van der Waals surface area (Å²) in [4.78, 5) is 28.6. The average molecular weight is 400 g/mol. The van der Waals surface area contributed by atoms with Crippen molar-refractivity contribution in [1.82, 2.24) is 25.2 Å². The van der Waals surface area contributed by atoms with Gasteiger partial charge in [0.25, 0.3) is 11.4 Å². The molecule has 1 N–H and O–H groups in total. The second kappa shape index (κ2) is 7.93. The van der Waals surface area contributed by atoms with Crippen LogP contribution in [0.3, 0.4) is 0 Å². The zero-order chi connectivity index (χ0) is 19.5. The van der Waals surface area contributed by atoms with E-state index >= 15 is 0 Å². The van der Waals surface area contributed by atoms with E-state index in [9.17, 15) is 9.59 Å². The highest BCUT2D eigenvalue weighted by molar-refractivity contribution is 6.30. The Labute approximate surface area is 165 Å². The monoisotopic (exact) mass is 399 g/mol. The molecule has 8 nitrogen and oxygen atoms in total. The maximum Gasteiger partial charge on any atom is 0.278 e. The van der Waals surface area contributed by atoms with Gasteiger partial charge in [0.05, 0.1) is 0 Å². The summed E-state index contributed by atoms with van der Waals surface area (Å²) in [5.74, 6) is 0.311. The number of halogens is 1. The van der Waals surface area contributed by atoms with E-state index < -0.39 is 0 Å². The molecule has 0 bridgehead atoms. The molecule has 4 rings (SSSR count). The van der Waals surface area contributed by atoms with Gasteiger partial charge >= 0.3 is 0 Å². The molecule has 0 radical (unpaired) electrons. The van der Waals surface area contributed by atoms with E-state index in [1.807, 2.05) is 0 Å². The smallest absolute Gasteiger partial charge is 0.278 e. The molecule has 0 saturated heterocycles. The number of aromatic nitrogens is 4. The van der Waals surface area contributed by atoms with Crippen LogP contribution in [0.1, 0.15) is 25.7 Å². The molecule has 1 amide bonds. The molecule has 1 aromatic carbocycles. The fourth-order valence-electron chi connectivity index (χ4n) is 3.20. The first kappa shape index (κ1) is 18.4. The van der Waals surface area contributed by atoms with Crippen molar-refractivity contribution >= 4 is 17.5 Å². The van der Waals surface area contributed by atoms with Crippen LogP contribution in [-0.2, 0) is 11.3 Å². The Hall–Kier alpha value is -3.00. The maximum absolute atomic E-state index is 12.2. The van der Waals surface area contributed by atoms with Crippen LogP contribution in [0.5, 0.6) is 0 Å². The predicted octanol–water partition coefficient (Wildman–Crippen LogP) is 2.67. The largest absolute Gasteiger partial charge is 0.352 e.